The van der Waals surface area contributed by atoms with E-state index in [1.54, 1.807) is 12.4 Å². The van der Waals surface area contributed by atoms with Crippen LogP contribution in [0.5, 0.6) is 0 Å². The average molecular weight is 365 g/mol. The Morgan fingerprint density at radius 3 is 2.13 bits per heavy atom. The fraction of sp³-hybridized carbons (Fsp3) is 0.0556. The van der Waals surface area contributed by atoms with Gasteiger partial charge in [0.15, 0.2) is 0 Å². The van der Waals surface area contributed by atoms with Crippen LogP contribution in [0.1, 0.15) is 17.4 Å². The number of hydrogen-bond donors (Lipinski definition) is 0. The van der Waals surface area contributed by atoms with E-state index >= 15 is 0 Å². The van der Waals surface area contributed by atoms with Gasteiger partial charge in [-0.15, -0.1) is 0 Å². The normalized spacial score (nSPS) is 11.2. The second-order valence-corrected chi connectivity index (χ2v) is 6.11. The summed E-state index contributed by atoms with van der Waals surface area (Å²) in [7, 11) is 0. The minimum atomic E-state index is -0.114. The van der Waals surface area contributed by atoms with Gasteiger partial charge in [-0.1, -0.05) is 28.1 Å². The molecule has 112 valence electrons. The maximum absolute atomic E-state index is 4.54. The number of halogens is 1. The first kappa shape index (κ1) is 14.1. The first-order valence-corrected chi connectivity index (χ1v) is 8.06. The van der Waals surface area contributed by atoms with Gasteiger partial charge in [-0.05, 0) is 42.5 Å². The highest BCUT2D eigenvalue weighted by Gasteiger charge is 2.20. The first-order valence-electron chi connectivity index (χ1n) is 7.27. The summed E-state index contributed by atoms with van der Waals surface area (Å²) in [5, 5.41) is 0. The van der Waals surface area contributed by atoms with Crippen molar-refractivity contribution in [2.45, 2.75) is 6.04 Å². The molecule has 0 N–H and O–H groups in total. The van der Waals surface area contributed by atoms with E-state index < -0.39 is 0 Å². The molecule has 1 aromatic carbocycles. The summed E-state index contributed by atoms with van der Waals surface area (Å²) in [5.74, 6) is 0. The van der Waals surface area contributed by atoms with Gasteiger partial charge in [-0.25, -0.2) is 4.98 Å². The summed E-state index contributed by atoms with van der Waals surface area (Å²) >= 11 is 3.54. The highest BCUT2D eigenvalue weighted by molar-refractivity contribution is 9.10. The summed E-state index contributed by atoms with van der Waals surface area (Å²) in [6, 6.07) is 17.8. The third-order valence-electron chi connectivity index (χ3n) is 3.75. The molecule has 23 heavy (non-hydrogen) atoms. The first-order chi connectivity index (χ1) is 11.3. The fourth-order valence-electron chi connectivity index (χ4n) is 2.72. The lowest BCUT2D eigenvalue weighted by Gasteiger charge is -2.18. The van der Waals surface area contributed by atoms with E-state index in [1.807, 2.05) is 54.9 Å². The number of hydrogen-bond acceptors (Lipinski definition) is 3. The molecule has 0 aliphatic heterocycles. The van der Waals surface area contributed by atoms with Crippen molar-refractivity contribution >= 4 is 27.0 Å². The molecule has 0 amide bonds. The van der Waals surface area contributed by atoms with E-state index in [-0.39, 0.29) is 6.04 Å². The molecule has 5 heteroatoms. The van der Waals surface area contributed by atoms with E-state index in [2.05, 4.69) is 41.5 Å². The molecule has 4 rings (SSSR count). The second-order valence-electron chi connectivity index (χ2n) is 5.20. The van der Waals surface area contributed by atoms with Gasteiger partial charge in [0.2, 0.25) is 0 Å². The molecule has 0 unspecified atom stereocenters. The van der Waals surface area contributed by atoms with Crippen molar-refractivity contribution in [2.24, 2.45) is 0 Å². The molecule has 0 bridgehead atoms. The predicted octanol–water partition coefficient (Wildman–Crippen LogP) is 4.23. The molecule has 0 saturated carbocycles. The van der Waals surface area contributed by atoms with Crippen LogP contribution in [0.25, 0.3) is 11.0 Å². The molecule has 0 radical (unpaired) electrons. The van der Waals surface area contributed by atoms with Crippen molar-refractivity contribution in [1.29, 1.82) is 0 Å². The Morgan fingerprint density at radius 1 is 0.826 bits per heavy atom. The van der Waals surface area contributed by atoms with Gasteiger partial charge in [-0.2, -0.15) is 0 Å². The van der Waals surface area contributed by atoms with E-state index in [4.69, 9.17) is 0 Å². The van der Waals surface area contributed by atoms with Gasteiger partial charge in [0.1, 0.15) is 6.04 Å². The summed E-state index contributed by atoms with van der Waals surface area (Å²) in [6.45, 7) is 0. The number of benzene rings is 1. The number of pyridine rings is 2. The Morgan fingerprint density at radius 2 is 1.52 bits per heavy atom. The van der Waals surface area contributed by atoms with Crippen molar-refractivity contribution in [1.82, 2.24) is 19.5 Å². The number of imidazole rings is 1. The smallest absolute Gasteiger partial charge is 0.119 e. The quantitative estimate of drug-likeness (QED) is 0.546. The maximum atomic E-state index is 4.54. The van der Waals surface area contributed by atoms with Gasteiger partial charge < -0.3 is 4.57 Å². The Balaban J connectivity index is 1.96. The fourth-order valence-corrected chi connectivity index (χ4v) is 3.07. The highest BCUT2D eigenvalue weighted by Crippen LogP contribution is 2.28. The van der Waals surface area contributed by atoms with Crippen LogP contribution in [0.3, 0.4) is 0 Å². The van der Waals surface area contributed by atoms with Gasteiger partial charge >= 0.3 is 0 Å². The molecule has 0 aliphatic rings. The van der Waals surface area contributed by atoms with Gasteiger partial charge in [-0.3, -0.25) is 9.97 Å². The van der Waals surface area contributed by atoms with Crippen LogP contribution in [0, 0.1) is 0 Å². The largest absolute Gasteiger partial charge is 0.316 e. The molecule has 0 atom stereocenters. The average Bonchev–Trinajstić information content (AvgIpc) is 3.00. The Kier molecular flexibility index (Phi) is 3.63. The summed E-state index contributed by atoms with van der Waals surface area (Å²) in [4.78, 5) is 13.6. The monoisotopic (exact) mass is 364 g/mol. The number of aromatic nitrogens is 4. The number of fused-ring (bicyclic) bond motifs is 1. The molecule has 4 aromatic rings. The van der Waals surface area contributed by atoms with Crippen LogP contribution in [0.15, 0.2) is 77.8 Å². The third-order valence-corrected chi connectivity index (χ3v) is 4.24. The topological polar surface area (TPSA) is 43.6 Å². The number of nitrogens with zero attached hydrogens (tertiary/aromatic N) is 4. The van der Waals surface area contributed by atoms with Crippen molar-refractivity contribution in [3.63, 3.8) is 0 Å². The third kappa shape index (κ3) is 2.64. The zero-order valence-electron chi connectivity index (χ0n) is 12.2. The molecule has 0 spiro atoms. The molecule has 3 heterocycles. The molecule has 0 fully saturated rings. The maximum Gasteiger partial charge on any atom is 0.119 e. The minimum absolute atomic E-state index is 0.114. The van der Waals surface area contributed by atoms with Crippen LogP contribution in [0.2, 0.25) is 0 Å². The van der Waals surface area contributed by atoms with Crippen LogP contribution in [0.4, 0.5) is 0 Å². The number of rotatable bonds is 3. The summed E-state index contributed by atoms with van der Waals surface area (Å²) in [5.41, 5.74) is 3.86. The van der Waals surface area contributed by atoms with Gasteiger partial charge in [0.05, 0.1) is 28.7 Å². The van der Waals surface area contributed by atoms with Crippen LogP contribution >= 0.6 is 15.9 Å². The zero-order valence-corrected chi connectivity index (χ0v) is 13.8. The lowest BCUT2D eigenvalue weighted by atomic mass is 10.1. The molecular formula is C18H13BrN4. The van der Waals surface area contributed by atoms with E-state index in [1.165, 1.54) is 0 Å². The molecule has 0 saturated heterocycles. The highest BCUT2D eigenvalue weighted by atomic mass is 79.9. The van der Waals surface area contributed by atoms with Crippen molar-refractivity contribution in [3.8, 4) is 0 Å². The van der Waals surface area contributed by atoms with Crippen molar-refractivity contribution in [3.05, 3.63) is 89.2 Å². The molecular weight excluding hydrogens is 352 g/mol. The van der Waals surface area contributed by atoms with Crippen molar-refractivity contribution in [2.75, 3.05) is 0 Å². The zero-order chi connectivity index (χ0) is 15.6. The van der Waals surface area contributed by atoms with Gasteiger partial charge in [0, 0.05) is 16.9 Å². The van der Waals surface area contributed by atoms with E-state index in [0.717, 1.165) is 26.9 Å². The van der Waals surface area contributed by atoms with Crippen LogP contribution in [-0.4, -0.2) is 19.5 Å². The standard InChI is InChI=1S/C18H13BrN4/c19-13-7-8-14-17(11-13)23(12-22-14)18(15-5-1-3-9-20-15)16-6-2-4-10-21-16/h1-12,18H. The molecule has 4 nitrogen and oxygen atoms in total. The van der Waals surface area contributed by atoms with Crippen LogP contribution in [-0.2, 0) is 0 Å². The lowest BCUT2D eigenvalue weighted by molar-refractivity contribution is 0.657. The SMILES string of the molecule is Brc1ccc2ncn(C(c3ccccn3)c3ccccn3)c2c1. The summed E-state index contributed by atoms with van der Waals surface area (Å²) in [6.07, 6.45) is 5.46. The van der Waals surface area contributed by atoms with E-state index in [0.29, 0.717) is 0 Å². The second kappa shape index (κ2) is 5.93. The molecule has 0 aliphatic carbocycles. The van der Waals surface area contributed by atoms with Crippen LogP contribution < -0.4 is 0 Å². The van der Waals surface area contributed by atoms with E-state index in [9.17, 15) is 0 Å². The Labute approximate surface area is 142 Å². The molecule has 3 aromatic heterocycles. The minimum Gasteiger partial charge on any atom is -0.316 e. The Bertz CT molecular complexity index is 896. The van der Waals surface area contributed by atoms with Gasteiger partial charge in [0.25, 0.3) is 0 Å². The summed E-state index contributed by atoms with van der Waals surface area (Å²) < 4.78 is 3.14. The lowest BCUT2D eigenvalue weighted by Crippen LogP contribution is -2.14. The van der Waals surface area contributed by atoms with Crippen molar-refractivity contribution < 1.29 is 0 Å². The Hall–Kier alpha value is -2.53. The predicted molar refractivity (Wildman–Crippen MR) is 93.1 cm³/mol.